The lowest BCUT2D eigenvalue weighted by atomic mass is 9.43. The molecule has 17 fully saturated rings. The molecule has 0 spiro atoms. The molecule has 1 aromatic rings. The summed E-state index contributed by atoms with van der Waals surface area (Å²) in [5, 5.41) is 0. The van der Waals surface area contributed by atoms with E-state index in [0.29, 0.717) is 11.8 Å². The van der Waals surface area contributed by atoms with E-state index in [1.165, 1.54) is 89.3 Å². The molecule has 282 valence electrons. The predicted octanol–water partition coefficient (Wildman–Crippen LogP) is 9.34. The van der Waals surface area contributed by atoms with Gasteiger partial charge in [0, 0.05) is 11.8 Å². The Morgan fingerprint density at radius 3 is 1.17 bits per heavy atom. The fourth-order valence-corrected chi connectivity index (χ4v) is 28.3. The van der Waals surface area contributed by atoms with Gasteiger partial charge in [0.25, 0.3) is 0 Å². The Bertz CT molecular complexity index is 1850. The van der Waals surface area contributed by atoms with Crippen LogP contribution >= 0.6 is 0 Å². The number of ether oxygens (including phenoxy) is 1. The SMILES string of the molecule is COC(=O)CCCC1(c2ccccc2)C2C3C4CCC5C6CCC7C8CCC9C%10CCC%11C%12C%10C%10C9C8C8C7C6C6C5C4C4C5C6C8C%10C5C%12C(C43)C%11C21. The van der Waals surface area contributed by atoms with E-state index in [1.807, 2.05) is 0 Å². The summed E-state index contributed by atoms with van der Waals surface area (Å²) < 4.78 is 5.31. The number of esters is 1. The second-order valence-corrected chi connectivity index (χ2v) is 25.2. The molecule has 0 aromatic heterocycles. The molecule has 17 aliphatic rings. The molecular weight excluding hydrogens is 657 g/mol. The van der Waals surface area contributed by atoms with Crippen LogP contribution in [0.3, 0.4) is 0 Å². The van der Waals surface area contributed by atoms with E-state index in [2.05, 4.69) is 30.3 Å². The second kappa shape index (κ2) is 8.68. The largest absolute Gasteiger partial charge is 0.469 e. The van der Waals surface area contributed by atoms with Crippen LogP contribution in [0.2, 0.25) is 0 Å². The molecule has 0 heterocycles. The summed E-state index contributed by atoms with van der Waals surface area (Å²) in [6.07, 6.45) is 16.1. The molecule has 30 unspecified atom stereocenters. The Kier molecular flexibility index (Phi) is 4.66. The fraction of sp³-hybridized carbons (Fsp3) is 0.865. The van der Waals surface area contributed by atoms with Crippen LogP contribution in [-0.4, -0.2) is 13.1 Å². The van der Waals surface area contributed by atoms with Gasteiger partial charge in [-0.25, -0.2) is 0 Å². The first-order chi connectivity index (χ1) is 26.7. The van der Waals surface area contributed by atoms with E-state index >= 15 is 0 Å². The van der Waals surface area contributed by atoms with Crippen LogP contribution in [0.5, 0.6) is 0 Å². The number of fused-ring (bicyclic) bond motifs is 8. The number of methoxy groups -OCH3 is 1. The predicted molar refractivity (Wildman–Crippen MR) is 203 cm³/mol. The number of hydrogen-bond acceptors (Lipinski definition) is 2. The van der Waals surface area contributed by atoms with Gasteiger partial charge < -0.3 is 4.74 Å². The smallest absolute Gasteiger partial charge is 0.305 e. The van der Waals surface area contributed by atoms with Crippen molar-refractivity contribution < 1.29 is 9.53 Å². The Morgan fingerprint density at radius 1 is 0.463 bits per heavy atom. The van der Waals surface area contributed by atoms with Gasteiger partial charge >= 0.3 is 5.97 Å². The van der Waals surface area contributed by atoms with E-state index in [0.717, 1.165) is 113 Å². The molecule has 18 rings (SSSR count). The van der Waals surface area contributed by atoms with Crippen molar-refractivity contribution in [3.63, 3.8) is 0 Å². The maximum Gasteiger partial charge on any atom is 0.305 e. The monoisotopic (exact) mass is 718 g/mol. The highest BCUT2D eigenvalue weighted by Crippen LogP contribution is 2.95. The summed E-state index contributed by atoms with van der Waals surface area (Å²) in [6, 6.07) is 12.3. The third-order valence-electron chi connectivity index (χ3n) is 26.7. The van der Waals surface area contributed by atoms with Gasteiger partial charge in [-0.05, 0) is 259 Å². The van der Waals surface area contributed by atoms with Crippen molar-refractivity contribution in [3.05, 3.63) is 35.9 Å². The Morgan fingerprint density at radius 2 is 0.778 bits per heavy atom. The fourth-order valence-electron chi connectivity index (χ4n) is 28.3. The lowest BCUT2D eigenvalue weighted by molar-refractivity contribution is -0.148. The first-order valence-corrected chi connectivity index (χ1v) is 24.9. The minimum Gasteiger partial charge on any atom is -0.469 e. The first kappa shape index (κ1) is 29.0. The third-order valence-corrected chi connectivity index (χ3v) is 26.7. The van der Waals surface area contributed by atoms with Gasteiger partial charge in [-0.3, -0.25) is 4.79 Å². The summed E-state index contributed by atoms with van der Waals surface area (Å²) in [4.78, 5) is 12.8. The van der Waals surface area contributed by atoms with E-state index in [4.69, 9.17) is 4.74 Å². The molecule has 0 N–H and O–H groups in total. The van der Waals surface area contributed by atoms with Crippen molar-refractivity contribution >= 4 is 5.97 Å². The maximum absolute atomic E-state index is 12.8. The van der Waals surface area contributed by atoms with Crippen LogP contribution in [0.15, 0.2) is 30.3 Å². The molecule has 17 aliphatic carbocycles. The van der Waals surface area contributed by atoms with Crippen molar-refractivity contribution in [1.82, 2.24) is 0 Å². The Hall–Kier alpha value is -1.31. The summed E-state index contributed by atoms with van der Waals surface area (Å²) in [5.41, 5.74) is 2.04. The van der Waals surface area contributed by atoms with Crippen LogP contribution in [0.1, 0.15) is 76.2 Å². The molecular formula is C52H62O2. The quantitative estimate of drug-likeness (QED) is 0.284. The molecule has 0 bridgehead atoms. The average Bonchev–Trinajstić information content (AvgIpc) is 3.81. The van der Waals surface area contributed by atoms with Gasteiger partial charge in [0.2, 0.25) is 0 Å². The average molecular weight is 719 g/mol. The normalized spacial score (nSPS) is 73.4. The van der Waals surface area contributed by atoms with Crippen molar-refractivity contribution in [1.29, 1.82) is 0 Å². The highest BCUT2D eigenvalue weighted by Gasteiger charge is 2.92. The highest BCUT2D eigenvalue weighted by molar-refractivity contribution is 5.69. The lowest BCUT2D eigenvalue weighted by Crippen LogP contribution is -2.58. The third kappa shape index (κ3) is 2.50. The van der Waals surface area contributed by atoms with Gasteiger partial charge in [0.05, 0.1) is 7.11 Å². The number of hydrogen-bond donors (Lipinski definition) is 0. The number of carbonyl (C=O) groups excluding carboxylic acids is 1. The standard InChI is InChI=1S/C52H62O2/c1-54-27(53)8-5-17-52(18-6-3-2-4-7-18)50-36-25-15-13-23-21-11-9-19-20-10-12-22-24-14-16-26-35-33(24)40-31(22)29(20)38-28(19)30(21)39-32(23)34(25)41-43(36)44(37(26)51(50)52)42(35)49-47(40)45(38)46(39)48(41)49/h2-4,6-7,19-26,28-51H,5,8-17H2,1H3. The zero-order chi connectivity index (χ0) is 34.2. The van der Waals surface area contributed by atoms with E-state index in [-0.39, 0.29) is 5.97 Å². The van der Waals surface area contributed by atoms with Gasteiger partial charge in [-0.15, -0.1) is 0 Å². The van der Waals surface area contributed by atoms with Crippen LogP contribution < -0.4 is 0 Å². The molecule has 0 radical (unpaired) electrons. The lowest BCUT2D eigenvalue weighted by Gasteiger charge is -2.61. The van der Waals surface area contributed by atoms with Gasteiger partial charge in [-0.1, -0.05) is 30.3 Å². The molecule has 17 saturated carbocycles. The molecule has 0 amide bonds. The van der Waals surface area contributed by atoms with E-state index in [9.17, 15) is 4.79 Å². The maximum atomic E-state index is 12.8. The molecule has 0 saturated heterocycles. The summed E-state index contributed by atoms with van der Waals surface area (Å²) >= 11 is 0. The zero-order valence-corrected chi connectivity index (χ0v) is 32.5. The van der Waals surface area contributed by atoms with Gasteiger partial charge in [0.15, 0.2) is 0 Å². The zero-order valence-electron chi connectivity index (χ0n) is 32.5. The van der Waals surface area contributed by atoms with Crippen LogP contribution in [0.4, 0.5) is 0 Å². The molecule has 2 nitrogen and oxygen atoms in total. The van der Waals surface area contributed by atoms with Gasteiger partial charge in [-0.2, -0.15) is 0 Å². The summed E-state index contributed by atoms with van der Waals surface area (Å²) in [6.45, 7) is 0. The molecule has 2 heteroatoms. The molecule has 1 aromatic carbocycles. The molecule has 54 heavy (non-hydrogen) atoms. The Balaban J connectivity index is 0.915. The van der Waals surface area contributed by atoms with E-state index in [1.54, 1.807) is 64.0 Å². The summed E-state index contributed by atoms with van der Waals surface area (Å²) in [7, 11) is 1.62. The van der Waals surface area contributed by atoms with E-state index < -0.39 is 0 Å². The van der Waals surface area contributed by atoms with Crippen LogP contribution in [0.25, 0.3) is 0 Å². The van der Waals surface area contributed by atoms with Crippen LogP contribution in [0, 0.1) is 189 Å². The number of carbonyl (C=O) groups is 1. The van der Waals surface area contributed by atoms with Crippen molar-refractivity contribution in [3.8, 4) is 0 Å². The number of rotatable bonds is 5. The Labute approximate surface area is 322 Å². The highest BCUT2D eigenvalue weighted by atomic mass is 16.5. The molecule has 0 aliphatic heterocycles. The van der Waals surface area contributed by atoms with Crippen molar-refractivity contribution in [2.24, 2.45) is 189 Å². The second-order valence-electron chi connectivity index (χ2n) is 25.2. The number of benzene rings is 1. The molecule has 30 atom stereocenters. The van der Waals surface area contributed by atoms with Crippen LogP contribution in [-0.2, 0) is 14.9 Å². The minimum atomic E-state index is 0.0284. The van der Waals surface area contributed by atoms with Crippen molar-refractivity contribution in [2.45, 2.75) is 76.0 Å². The summed E-state index contributed by atoms with van der Waals surface area (Å²) in [5.74, 6) is 36.1. The van der Waals surface area contributed by atoms with Gasteiger partial charge in [0.1, 0.15) is 0 Å². The minimum absolute atomic E-state index is 0.0284. The topological polar surface area (TPSA) is 26.3 Å². The van der Waals surface area contributed by atoms with Crippen molar-refractivity contribution in [2.75, 3.05) is 7.11 Å². The first-order valence-electron chi connectivity index (χ1n) is 24.9.